The minimum atomic E-state index is -0.285. The van der Waals surface area contributed by atoms with Gasteiger partial charge in [-0.2, -0.15) is 0 Å². The van der Waals surface area contributed by atoms with E-state index in [4.69, 9.17) is 4.42 Å². The Morgan fingerprint density at radius 3 is 2.69 bits per heavy atom. The van der Waals surface area contributed by atoms with Gasteiger partial charge in [0.25, 0.3) is 0 Å². The van der Waals surface area contributed by atoms with Crippen molar-refractivity contribution in [2.75, 3.05) is 12.4 Å². The second-order valence-corrected chi connectivity index (χ2v) is 6.24. The first kappa shape index (κ1) is 17.7. The number of carbonyl (C=O) groups is 2. The summed E-state index contributed by atoms with van der Waals surface area (Å²) < 4.78 is 5.58. The van der Waals surface area contributed by atoms with E-state index in [0.717, 1.165) is 5.56 Å². The Labute approximate surface area is 153 Å². The molecule has 2 amide bonds. The fourth-order valence-electron chi connectivity index (χ4n) is 2.13. The summed E-state index contributed by atoms with van der Waals surface area (Å²) >= 11 is 1.22. The highest BCUT2D eigenvalue weighted by Gasteiger charge is 2.16. The Hall–Kier alpha value is -3.14. The van der Waals surface area contributed by atoms with Crippen LogP contribution in [0.5, 0.6) is 0 Å². The van der Waals surface area contributed by atoms with Gasteiger partial charge >= 0.3 is 0 Å². The lowest BCUT2D eigenvalue weighted by atomic mass is 10.2. The third-order valence-corrected chi connectivity index (χ3v) is 4.06. The summed E-state index contributed by atoms with van der Waals surface area (Å²) in [4.78, 5) is 25.4. The van der Waals surface area contributed by atoms with Crippen molar-refractivity contribution in [3.63, 3.8) is 0 Å². The van der Waals surface area contributed by atoms with Crippen molar-refractivity contribution < 1.29 is 14.0 Å². The third-order valence-electron chi connectivity index (χ3n) is 3.46. The Morgan fingerprint density at radius 1 is 1.15 bits per heavy atom. The van der Waals surface area contributed by atoms with Gasteiger partial charge in [0.15, 0.2) is 0 Å². The van der Waals surface area contributed by atoms with Crippen molar-refractivity contribution in [1.29, 1.82) is 0 Å². The Balaban J connectivity index is 1.48. The van der Waals surface area contributed by atoms with Crippen LogP contribution < -0.4 is 5.32 Å². The molecular formula is C16H16N6O3S. The zero-order valence-corrected chi connectivity index (χ0v) is 14.8. The molecule has 3 rings (SSSR count). The Bertz CT molecular complexity index is 865. The maximum Gasteiger partial charge on any atom is 0.247 e. The number of aromatic nitrogens is 4. The molecule has 0 radical (unpaired) electrons. The highest BCUT2D eigenvalue weighted by atomic mass is 32.1. The van der Waals surface area contributed by atoms with E-state index in [9.17, 15) is 9.59 Å². The summed E-state index contributed by atoms with van der Waals surface area (Å²) in [7, 11) is 1.62. The van der Waals surface area contributed by atoms with Crippen LogP contribution in [-0.4, -0.2) is 44.2 Å². The van der Waals surface area contributed by atoms with Gasteiger partial charge in [0, 0.05) is 25.5 Å². The summed E-state index contributed by atoms with van der Waals surface area (Å²) in [5.74, 6) is 0.250. The van der Waals surface area contributed by atoms with Crippen LogP contribution in [0.3, 0.4) is 0 Å². The highest BCUT2D eigenvalue weighted by Crippen LogP contribution is 2.17. The lowest BCUT2D eigenvalue weighted by Crippen LogP contribution is -2.27. The number of nitrogens with zero attached hydrogens (tertiary/aromatic N) is 5. The van der Waals surface area contributed by atoms with Gasteiger partial charge in [0.05, 0.1) is 6.54 Å². The van der Waals surface area contributed by atoms with Crippen LogP contribution in [0.15, 0.2) is 40.3 Å². The fraction of sp³-hybridized carbons (Fsp3) is 0.250. The summed E-state index contributed by atoms with van der Waals surface area (Å²) in [6, 6.07) is 9.38. The van der Waals surface area contributed by atoms with Gasteiger partial charge in [-0.25, -0.2) is 0 Å². The average molecular weight is 372 g/mol. The van der Waals surface area contributed by atoms with Crippen molar-refractivity contribution in [3.8, 4) is 11.5 Å². The van der Waals surface area contributed by atoms with Gasteiger partial charge in [-0.3, -0.25) is 9.59 Å². The Kier molecular flexibility index (Phi) is 5.64. The van der Waals surface area contributed by atoms with Crippen LogP contribution in [0.4, 0.5) is 5.13 Å². The molecule has 0 aliphatic heterocycles. The summed E-state index contributed by atoms with van der Waals surface area (Å²) in [5.41, 5.74) is 2.33. The monoisotopic (exact) mass is 372 g/mol. The molecule has 0 saturated heterocycles. The molecule has 3 aromatic rings. The number of hydrogen-bond donors (Lipinski definition) is 1. The zero-order valence-electron chi connectivity index (χ0n) is 14.0. The molecule has 0 atom stereocenters. The first-order valence-corrected chi connectivity index (χ1v) is 8.67. The van der Waals surface area contributed by atoms with E-state index in [0.29, 0.717) is 16.9 Å². The van der Waals surface area contributed by atoms with Crippen molar-refractivity contribution >= 4 is 28.3 Å². The molecule has 0 spiro atoms. The number of anilines is 1. The van der Waals surface area contributed by atoms with Crippen LogP contribution in [0, 0.1) is 0 Å². The van der Waals surface area contributed by atoms with Crippen molar-refractivity contribution in [2.24, 2.45) is 0 Å². The topological polar surface area (TPSA) is 114 Å². The summed E-state index contributed by atoms with van der Waals surface area (Å²) in [6.07, 6.45) is 0.128. The molecular weight excluding hydrogens is 356 g/mol. The van der Waals surface area contributed by atoms with E-state index in [-0.39, 0.29) is 31.2 Å². The normalized spacial score (nSPS) is 10.5. The largest absolute Gasteiger partial charge is 0.419 e. The SMILES string of the molecule is CN(Cc1nnc(-c2ccccc2)o1)C(=O)CCC(=O)Nc1nncs1. The third kappa shape index (κ3) is 4.70. The number of amides is 2. The molecule has 1 aromatic carbocycles. The maximum absolute atomic E-state index is 12.2. The van der Waals surface area contributed by atoms with E-state index in [1.807, 2.05) is 30.3 Å². The highest BCUT2D eigenvalue weighted by molar-refractivity contribution is 7.13. The molecule has 0 saturated carbocycles. The molecule has 2 aromatic heterocycles. The van der Waals surface area contributed by atoms with Crippen molar-refractivity contribution in [3.05, 3.63) is 41.7 Å². The molecule has 134 valence electrons. The predicted molar refractivity (Wildman–Crippen MR) is 94.0 cm³/mol. The predicted octanol–water partition coefficient (Wildman–Crippen LogP) is 1.97. The van der Waals surface area contributed by atoms with Gasteiger partial charge in [0.1, 0.15) is 5.51 Å². The smallest absolute Gasteiger partial charge is 0.247 e. The van der Waals surface area contributed by atoms with E-state index >= 15 is 0 Å². The van der Waals surface area contributed by atoms with Crippen LogP contribution >= 0.6 is 11.3 Å². The van der Waals surface area contributed by atoms with Crippen LogP contribution in [0.1, 0.15) is 18.7 Å². The van der Waals surface area contributed by atoms with E-state index in [1.165, 1.54) is 21.7 Å². The number of nitrogens with one attached hydrogen (secondary N) is 1. The van der Waals surface area contributed by atoms with Crippen molar-refractivity contribution in [2.45, 2.75) is 19.4 Å². The second-order valence-electron chi connectivity index (χ2n) is 5.41. The van der Waals surface area contributed by atoms with Crippen LogP contribution in [-0.2, 0) is 16.1 Å². The quantitative estimate of drug-likeness (QED) is 0.674. The number of hydrogen-bond acceptors (Lipinski definition) is 8. The van der Waals surface area contributed by atoms with Gasteiger partial charge in [0.2, 0.25) is 28.7 Å². The van der Waals surface area contributed by atoms with Crippen LogP contribution in [0.2, 0.25) is 0 Å². The minimum Gasteiger partial charge on any atom is -0.419 e. The molecule has 0 aliphatic carbocycles. The lowest BCUT2D eigenvalue weighted by Gasteiger charge is -2.14. The standard InChI is InChI=1S/C16H16N6O3S/c1-22(14(24)8-7-12(23)18-16-21-17-10-26-16)9-13-19-20-15(25-13)11-5-3-2-4-6-11/h2-6,10H,7-9H2,1H3,(H,18,21,23). The first-order valence-electron chi connectivity index (χ1n) is 7.79. The average Bonchev–Trinajstić information content (AvgIpc) is 3.32. The van der Waals surface area contributed by atoms with Crippen molar-refractivity contribution in [1.82, 2.24) is 25.3 Å². The molecule has 2 heterocycles. The first-order chi connectivity index (χ1) is 12.6. The molecule has 0 bridgehead atoms. The molecule has 1 N–H and O–H groups in total. The van der Waals surface area contributed by atoms with Crippen LogP contribution in [0.25, 0.3) is 11.5 Å². The van der Waals surface area contributed by atoms with E-state index in [2.05, 4.69) is 25.7 Å². The molecule has 26 heavy (non-hydrogen) atoms. The molecule has 0 unspecified atom stereocenters. The van der Waals surface area contributed by atoms with Gasteiger partial charge in [-0.15, -0.1) is 20.4 Å². The Morgan fingerprint density at radius 2 is 1.96 bits per heavy atom. The molecule has 0 aliphatic rings. The molecule has 10 heteroatoms. The zero-order chi connectivity index (χ0) is 18.4. The minimum absolute atomic E-state index is 0.0574. The maximum atomic E-state index is 12.2. The number of carbonyl (C=O) groups excluding carboxylic acids is 2. The van der Waals surface area contributed by atoms with Gasteiger partial charge in [-0.1, -0.05) is 29.5 Å². The van der Waals surface area contributed by atoms with Gasteiger partial charge < -0.3 is 14.6 Å². The number of benzene rings is 1. The fourth-order valence-corrected chi connectivity index (χ4v) is 2.59. The number of rotatable bonds is 7. The van der Waals surface area contributed by atoms with E-state index in [1.54, 1.807) is 7.05 Å². The summed E-state index contributed by atoms with van der Waals surface area (Å²) in [5, 5.41) is 18.3. The second kappa shape index (κ2) is 8.30. The van der Waals surface area contributed by atoms with Gasteiger partial charge in [-0.05, 0) is 12.1 Å². The molecule has 0 fully saturated rings. The van der Waals surface area contributed by atoms with E-state index < -0.39 is 0 Å². The lowest BCUT2D eigenvalue weighted by molar-refractivity contribution is -0.132. The molecule has 9 nitrogen and oxygen atoms in total. The summed E-state index contributed by atoms with van der Waals surface area (Å²) in [6.45, 7) is 0.177.